The van der Waals surface area contributed by atoms with Crippen LogP contribution in [-0.4, -0.2) is 34.2 Å². The van der Waals surface area contributed by atoms with Crippen LogP contribution in [0.15, 0.2) is 23.1 Å². The van der Waals surface area contributed by atoms with E-state index in [1.807, 2.05) is 13.8 Å². The zero-order chi connectivity index (χ0) is 15.5. The van der Waals surface area contributed by atoms with Gasteiger partial charge in [0.15, 0.2) is 11.5 Å². The quantitative estimate of drug-likeness (QED) is 0.821. The van der Waals surface area contributed by atoms with Crippen LogP contribution in [0.5, 0.6) is 11.5 Å². The van der Waals surface area contributed by atoms with E-state index in [0.717, 1.165) is 0 Å². The number of rotatable bonds is 6. The van der Waals surface area contributed by atoms with Crippen LogP contribution in [0.1, 0.15) is 20.3 Å². The Morgan fingerprint density at radius 2 is 2.00 bits per heavy atom. The number of nitrogens with one attached hydrogen (secondary N) is 1. The van der Waals surface area contributed by atoms with Gasteiger partial charge < -0.3 is 15.2 Å². The van der Waals surface area contributed by atoms with E-state index in [2.05, 4.69) is 4.72 Å². The predicted molar refractivity (Wildman–Crippen MR) is 80.1 cm³/mol. The van der Waals surface area contributed by atoms with Crippen molar-refractivity contribution in [2.75, 3.05) is 19.8 Å². The zero-order valence-electron chi connectivity index (χ0n) is 12.3. The average molecular weight is 314 g/mol. The number of hydrogen-bond acceptors (Lipinski definition) is 5. The van der Waals surface area contributed by atoms with Crippen LogP contribution < -0.4 is 19.9 Å². The SMILES string of the molecule is CC(C)CC(CN)NS(=O)(=O)c1cccc2c1OCCO2. The van der Waals surface area contributed by atoms with Crippen molar-refractivity contribution < 1.29 is 17.9 Å². The number of nitrogens with two attached hydrogens (primary N) is 1. The standard InChI is InChI=1S/C14H22N2O4S/c1-10(2)8-11(9-15)16-21(17,18)13-5-3-4-12-14(13)20-7-6-19-12/h3-5,10-11,16H,6-9,15H2,1-2H3. The summed E-state index contributed by atoms with van der Waals surface area (Å²) in [4.78, 5) is 0.0990. The van der Waals surface area contributed by atoms with Gasteiger partial charge >= 0.3 is 0 Å². The van der Waals surface area contributed by atoms with Gasteiger partial charge in [-0.1, -0.05) is 19.9 Å². The molecule has 0 aromatic heterocycles. The average Bonchev–Trinajstić information content (AvgIpc) is 2.45. The second kappa shape index (κ2) is 6.64. The van der Waals surface area contributed by atoms with Crippen LogP contribution in [-0.2, 0) is 10.0 Å². The molecule has 3 N–H and O–H groups in total. The molecule has 0 saturated heterocycles. The first-order valence-corrected chi connectivity index (χ1v) is 8.53. The van der Waals surface area contributed by atoms with E-state index in [-0.39, 0.29) is 23.2 Å². The minimum Gasteiger partial charge on any atom is -0.486 e. The molecule has 0 bridgehead atoms. The van der Waals surface area contributed by atoms with Gasteiger partial charge in [-0.3, -0.25) is 0 Å². The molecule has 0 saturated carbocycles. The maximum atomic E-state index is 12.6. The van der Waals surface area contributed by atoms with Crippen LogP contribution >= 0.6 is 0 Å². The molecule has 1 aromatic rings. The van der Waals surface area contributed by atoms with Gasteiger partial charge in [0.2, 0.25) is 10.0 Å². The van der Waals surface area contributed by atoms with Crippen LogP contribution in [0.4, 0.5) is 0 Å². The first-order valence-electron chi connectivity index (χ1n) is 7.05. The lowest BCUT2D eigenvalue weighted by Gasteiger charge is -2.23. The molecule has 0 amide bonds. The smallest absolute Gasteiger partial charge is 0.244 e. The highest BCUT2D eigenvalue weighted by molar-refractivity contribution is 7.89. The molecule has 2 rings (SSSR count). The van der Waals surface area contributed by atoms with Crippen molar-refractivity contribution in [3.05, 3.63) is 18.2 Å². The van der Waals surface area contributed by atoms with Crippen molar-refractivity contribution >= 4 is 10.0 Å². The Morgan fingerprint density at radius 3 is 2.67 bits per heavy atom. The minimum atomic E-state index is -3.69. The summed E-state index contributed by atoms with van der Waals surface area (Å²) in [6.45, 7) is 5.06. The van der Waals surface area contributed by atoms with Gasteiger partial charge in [-0.15, -0.1) is 0 Å². The third-order valence-electron chi connectivity index (χ3n) is 3.18. The van der Waals surface area contributed by atoms with E-state index in [1.165, 1.54) is 6.07 Å². The van der Waals surface area contributed by atoms with Crippen molar-refractivity contribution in [2.24, 2.45) is 11.7 Å². The molecule has 1 aliphatic rings. The van der Waals surface area contributed by atoms with Gasteiger partial charge in [0.25, 0.3) is 0 Å². The summed E-state index contributed by atoms with van der Waals surface area (Å²) in [7, 11) is -3.69. The second-order valence-corrected chi connectivity index (χ2v) is 7.15. The first kappa shape index (κ1) is 16.1. The highest BCUT2D eigenvalue weighted by atomic mass is 32.2. The summed E-state index contributed by atoms with van der Waals surface area (Å²) in [6.07, 6.45) is 0.683. The fourth-order valence-electron chi connectivity index (χ4n) is 2.30. The normalized spacial score (nSPS) is 16.0. The van der Waals surface area contributed by atoms with E-state index >= 15 is 0 Å². The molecule has 7 heteroatoms. The monoisotopic (exact) mass is 314 g/mol. The number of ether oxygens (including phenoxy) is 2. The Balaban J connectivity index is 2.27. The summed E-state index contributed by atoms with van der Waals surface area (Å²) < 4.78 is 38.6. The summed E-state index contributed by atoms with van der Waals surface area (Å²) in [5, 5.41) is 0. The maximum absolute atomic E-state index is 12.6. The highest BCUT2D eigenvalue weighted by Crippen LogP contribution is 2.36. The molecule has 1 atom stereocenters. The largest absolute Gasteiger partial charge is 0.486 e. The van der Waals surface area contributed by atoms with Gasteiger partial charge in [-0.05, 0) is 24.5 Å². The number of para-hydroxylation sites is 1. The van der Waals surface area contributed by atoms with Crippen LogP contribution in [0.2, 0.25) is 0 Å². The van der Waals surface area contributed by atoms with Crippen molar-refractivity contribution in [2.45, 2.75) is 31.2 Å². The number of benzene rings is 1. The van der Waals surface area contributed by atoms with Gasteiger partial charge in [0.05, 0.1) is 0 Å². The first-order chi connectivity index (χ1) is 9.94. The molecule has 6 nitrogen and oxygen atoms in total. The lowest BCUT2D eigenvalue weighted by Crippen LogP contribution is -2.41. The van der Waals surface area contributed by atoms with Crippen molar-refractivity contribution in [3.8, 4) is 11.5 Å². The van der Waals surface area contributed by atoms with Crippen LogP contribution in [0, 0.1) is 5.92 Å². The Kier molecular flexibility index (Phi) is 5.08. The van der Waals surface area contributed by atoms with Gasteiger partial charge in [-0.2, -0.15) is 0 Å². The number of sulfonamides is 1. The molecular formula is C14H22N2O4S. The zero-order valence-corrected chi connectivity index (χ0v) is 13.2. The van der Waals surface area contributed by atoms with Crippen molar-refractivity contribution in [3.63, 3.8) is 0 Å². The Bertz CT molecular complexity index is 587. The highest BCUT2D eigenvalue weighted by Gasteiger charge is 2.27. The van der Waals surface area contributed by atoms with E-state index in [1.54, 1.807) is 12.1 Å². The van der Waals surface area contributed by atoms with Gasteiger partial charge in [0, 0.05) is 12.6 Å². The Labute approximate surface area is 125 Å². The Morgan fingerprint density at radius 1 is 1.29 bits per heavy atom. The predicted octanol–water partition coefficient (Wildman–Crippen LogP) is 1.11. The van der Waals surface area contributed by atoms with E-state index < -0.39 is 10.0 Å². The number of fused-ring (bicyclic) bond motifs is 1. The lowest BCUT2D eigenvalue weighted by atomic mass is 10.1. The molecule has 1 heterocycles. The minimum absolute atomic E-state index is 0.0990. The van der Waals surface area contributed by atoms with E-state index in [0.29, 0.717) is 31.3 Å². The molecule has 1 aromatic carbocycles. The van der Waals surface area contributed by atoms with E-state index in [4.69, 9.17) is 15.2 Å². The van der Waals surface area contributed by atoms with Gasteiger partial charge in [0.1, 0.15) is 18.1 Å². The van der Waals surface area contributed by atoms with E-state index in [9.17, 15) is 8.42 Å². The molecule has 118 valence electrons. The topological polar surface area (TPSA) is 90.7 Å². The molecule has 0 spiro atoms. The summed E-state index contributed by atoms with van der Waals surface area (Å²) in [5.41, 5.74) is 5.66. The maximum Gasteiger partial charge on any atom is 0.244 e. The van der Waals surface area contributed by atoms with Crippen molar-refractivity contribution in [1.82, 2.24) is 4.72 Å². The second-order valence-electron chi connectivity index (χ2n) is 5.46. The van der Waals surface area contributed by atoms with Crippen LogP contribution in [0.3, 0.4) is 0 Å². The summed E-state index contributed by atoms with van der Waals surface area (Å²) >= 11 is 0. The Hall–Kier alpha value is -1.31. The van der Waals surface area contributed by atoms with Crippen LogP contribution in [0.25, 0.3) is 0 Å². The molecular weight excluding hydrogens is 292 g/mol. The molecule has 0 radical (unpaired) electrons. The summed E-state index contributed by atoms with van der Waals surface area (Å²) in [6, 6.07) is 4.55. The fourth-order valence-corrected chi connectivity index (χ4v) is 3.72. The van der Waals surface area contributed by atoms with Crippen molar-refractivity contribution in [1.29, 1.82) is 0 Å². The third-order valence-corrected chi connectivity index (χ3v) is 4.73. The fraction of sp³-hybridized carbons (Fsp3) is 0.571. The molecule has 0 fully saturated rings. The molecule has 21 heavy (non-hydrogen) atoms. The molecule has 1 unspecified atom stereocenters. The summed E-state index contributed by atoms with van der Waals surface area (Å²) in [5.74, 6) is 1.08. The molecule has 0 aliphatic carbocycles. The third kappa shape index (κ3) is 3.87. The number of hydrogen-bond donors (Lipinski definition) is 2. The van der Waals surface area contributed by atoms with Gasteiger partial charge in [-0.25, -0.2) is 13.1 Å². The molecule has 1 aliphatic heterocycles. The lowest BCUT2D eigenvalue weighted by molar-refractivity contribution is 0.167.